The fourth-order valence-corrected chi connectivity index (χ4v) is 1.31. The van der Waals surface area contributed by atoms with Gasteiger partial charge in [0.15, 0.2) is 0 Å². The molecule has 1 aliphatic rings. The Morgan fingerprint density at radius 2 is 2.23 bits per heavy atom. The zero-order valence-corrected chi connectivity index (χ0v) is 8.64. The van der Waals surface area contributed by atoms with Gasteiger partial charge in [0.1, 0.15) is 12.2 Å². The molecule has 6 heteroatoms. The van der Waals surface area contributed by atoms with E-state index >= 15 is 0 Å². The van der Waals surface area contributed by atoms with E-state index < -0.39 is 0 Å². The molecule has 1 heterocycles. The van der Waals surface area contributed by atoms with Gasteiger partial charge in [0.25, 0.3) is 0 Å². The van der Waals surface area contributed by atoms with Crippen LogP contribution in [-0.4, -0.2) is 37.2 Å². The number of morpholine rings is 1. The molecule has 78 valence electrons. The van der Waals surface area contributed by atoms with Crippen molar-refractivity contribution in [3.63, 3.8) is 0 Å². The molecule has 1 rings (SSSR count). The highest BCUT2D eigenvalue weighted by molar-refractivity contribution is 7.92. The highest BCUT2D eigenvalue weighted by Crippen LogP contribution is 2.12. The van der Waals surface area contributed by atoms with E-state index in [1.165, 1.54) is 12.2 Å². The first-order valence-corrected chi connectivity index (χ1v) is 5.19. The predicted molar refractivity (Wildman–Crippen MR) is 50.4 cm³/mol. The summed E-state index contributed by atoms with van der Waals surface area (Å²) >= 11 is 1.22. The van der Waals surface area contributed by atoms with Crippen LogP contribution in [0, 0.1) is 0 Å². The average Bonchev–Trinajstić information content (AvgIpc) is 2.19. The van der Waals surface area contributed by atoms with Gasteiger partial charge in [0.05, 0.1) is 13.2 Å². The minimum Gasteiger partial charge on any atom is -0.379 e. The van der Waals surface area contributed by atoms with E-state index in [0.29, 0.717) is 0 Å². The summed E-state index contributed by atoms with van der Waals surface area (Å²) in [6.07, 6.45) is 1.02. The van der Waals surface area contributed by atoms with Gasteiger partial charge in [-0.2, -0.15) is 5.48 Å². The van der Waals surface area contributed by atoms with Crippen molar-refractivity contribution in [1.82, 2.24) is 9.79 Å². The van der Waals surface area contributed by atoms with Crippen molar-refractivity contribution in [3.05, 3.63) is 0 Å². The summed E-state index contributed by atoms with van der Waals surface area (Å²) in [6.45, 7) is 6.14. The minimum atomic E-state index is 0.763. The molecule has 0 unspecified atom stereocenters. The van der Waals surface area contributed by atoms with Crippen molar-refractivity contribution in [2.45, 2.75) is 13.3 Å². The monoisotopic (exact) mass is 208 g/mol. The zero-order valence-electron chi connectivity index (χ0n) is 7.82. The van der Waals surface area contributed by atoms with Crippen LogP contribution < -0.4 is 5.48 Å². The van der Waals surface area contributed by atoms with E-state index in [2.05, 4.69) is 16.7 Å². The summed E-state index contributed by atoms with van der Waals surface area (Å²) in [4.78, 5) is 4.71. The fraction of sp³-hybridized carbons (Fsp3) is 1.00. The van der Waals surface area contributed by atoms with Gasteiger partial charge in [0, 0.05) is 19.6 Å². The van der Waals surface area contributed by atoms with E-state index in [1.54, 1.807) is 0 Å². The first kappa shape index (κ1) is 11.2. The van der Waals surface area contributed by atoms with Gasteiger partial charge in [-0.25, -0.2) is 4.31 Å². The van der Waals surface area contributed by atoms with E-state index in [0.717, 1.165) is 39.3 Å². The zero-order chi connectivity index (χ0) is 9.36. The topological polar surface area (TPSA) is 43.0 Å². The molecule has 1 aliphatic heterocycles. The van der Waals surface area contributed by atoms with Gasteiger partial charge in [-0.05, 0) is 6.42 Å². The molecule has 0 radical (unpaired) electrons. The lowest BCUT2D eigenvalue weighted by Crippen LogP contribution is -2.31. The summed E-state index contributed by atoms with van der Waals surface area (Å²) in [5.41, 5.74) is 2.67. The van der Waals surface area contributed by atoms with Crippen LogP contribution in [0.2, 0.25) is 0 Å². The lowest BCUT2D eigenvalue weighted by atomic mass is 10.5. The maximum absolute atomic E-state index is 5.18. The maximum atomic E-state index is 5.18. The Morgan fingerprint density at radius 3 is 2.92 bits per heavy atom. The highest BCUT2D eigenvalue weighted by atomic mass is 32.2. The Labute approximate surface area is 82.9 Å². The molecule has 13 heavy (non-hydrogen) atoms. The van der Waals surface area contributed by atoms with Crippen molar-refractivity contribution in [1.29, 1.82) is 0 Å². The Bertz CT molecular complexity index is 122. The predicted octanol–water partition coefficient (Wildman–Crippen LogP) is 0.745. The molecule has 0 spiro atoms. The quantitative estimate of drug-likeness (QED) is 0.228. The van der Waals surface area contributed by atoms with Crippen molar-refractivity contribution in [2.24, 2.45) is 0 Å². The minimum absolute atomic E-state index is 0.763. The average molecular weight is 208 g/mol. The summed E-state index contributed by atoms with van der Waals surface area (Å²) in [5, 5.41) is 0. The molecule has 0 aliphatic carbocycles. The standard InChI is InChI=1S/C7H16N2O3S/c1-2-3-8-11-12-13-9-4-6-10-7-5-9/h8H,2-7H2,1H3. The molecule has 0 atom stereocenters. The van der Waals surface area contributed by atoms with Crippen molar-refractivity contribution in [3.8, 4) is 0 Å². The Kier molecular flexibility index (Phi) is 6.51. The SMILES string of the molecule is CCCNOOSN1CCOCC1. The van der Waals surface area contributed by atoms with E-state index in [4.69, 9.17) is 14.1 Å². The third kappa shape index (κ3) is 5.45. The van der Waals surface area contributed by atoms with E-state index in [9.17, 15) is 0 Å². The molecule has 0 aromatic carbocycles. The number of hydrogen-bond acceptors (Lipinski definition) is 6. The van der Waals surface area contributed by atoms with E-state index in [-0.39, 0.29) is 0 Å². The lowest BCUT2D eigenvalue weighted by molar-refractivity contribution is -0.247. The second-order valence-corrected chi connectivity index (χ2v) is 3.46. The highest BCUT2D eigenvalue weighted by Gasteiger charge is 2.11. The van der Waals surface area contributed by atoms with Gasteiger partial charge in [0.2, 0.25) is 0 Å². The molecule has 0 amide bonds. The van der Waals surface area contributed by atoms with Crippen molar-refractivity contribution in [2.75, 3.05) is 32.8 Å². The lowest BCUT2D eigenvalue weighted by Gasteiger charge is -2.23. The van der Waals surface area contributed by atoms with Crippen molar-refractivity contribution < 1.29 is 14.1 Å². The van der Waals surface area contributed by atoms with E-state index in [1.807, 2.05) is 0 Å². The Balaban J connectivity index is 1.86. The second-order valence-electron chi connectivity index (χ2n) is 2.66. The maximum Gasteiger partial charge on any atom is 0.123 e. The molecule has 0 bridgehead atoms. The molecule has 1 saturated heterocycles. The molecule has 0 aromatic heterocycles. The molecule has 1 N–H and O–H groups in total. The normalized spacial score (nSPS) is 19.2. The second kappa shape index (κ2) is 7.54. The number of hydrogen-bond donors (Lipinski definition) is 1. The third-order valence-electron chi connectivity index (χ3n) is 1.55. The smallest absolute Gasteiger partial charge is 0.123 e. The molecule has 0 saturated carbocycles. The molecule has 1 fully saturated rings. The van der Waals surface area contributed by atoms with Crippen LogP contribution in [0.1, 0.15) is 13.3 Å². The fourth-order valence-electron chi connectivity index (χ4n) is 0.847. The van der Waals surface area contributed by atoms with Crippen LogP contribution >= 0.6 is 12.2 Å². The third-order valence-corrected chi connectivity index (χ3v) is 2.26. The van der Waals surface area contributed by atoms with Gasteiger partial charge in [-0.15, -0.1) is 9.32 Å². The summed E-state index contributed by atoms with van der Waals surface area (Å²) in [6, 6.07) is 0. The first-order chi connectivity index (χ1) is 6.43. The number of hydroxylamine groups is 1. The van der Waals surface area contributed by atoms with Crippen LogP contribution in [0.3, 0.4) is 0 Å². The van der Waals surface area contributed by atoms with Crippen LogP contribution in [0.4, 0.5) is 0 Å². The van der Waals surface area contributed by atoms with Crippen LogP contribution in [-0.2, 0) is 14.1 Å². The van der Waals surface area contributed by atoms with Crippen LogP contribution in [0.5, 0.6) is 0 Å². The summed E-state index contributed by atoms with van der Waals surface area (Å²) < 4.78 is 12.1. The summed E-state index contributed by atoms with van der Waals surface area (Å²) in [7, 11) is 0. The van der Waals surface area contributed by atoms with Gasteiger partial charge >= 0.3 is 0 Å². The largest absolute Gasteiger partial charge is 0.379 e. The first-order valence-electron chi connectivity index (χ1n) is 4.49. The molecule has 0 aromatic rings. The Morgan fingerprint density at radius 1 is 1.46 bits per heavy atom. The van der Waals surface area contributed by atoms with Gasteiger partial charge in [-0.3, -0.25) is 0 Å². The molecular formula is C7H16N2O3S. The van der Waals surface area contributed by atoms with Crippen LogP contribution in [0.15, 0.2) is 0 Å². The van der Waals surface area contributed by atoms with Crippen LogP contribution in [0.25, 0.3) is 0 Å². The van der Waals surface area contributed by atoms with Gasteiger partial charge in [-0.1, -0.05) is 6.92 Å². The molecule has 5 nitrogen and oxygen atoms in total. The Hall–Kier alpha value is 0.150. The number of nitrogens with one attached hydrogen (secondary N) is 1. The number of rotatable bonds is 6. The number of ether oxygens (including phenoxy) is 1. The van der Waals surface area contributed by atoms with Gasteiger partial charge < -0.3 is 4.74 Å². The molecular weight excluding hydrogens is 192 g/mol. The number of nitrogens with zero attached hydrogens (tertiary/aromatic N) is 1. The summed E-state index contributed by atoms with van der Waals surface area (Å²) in [5.74, 6) is 0. The van der Waals surface area contributed by atoms with Crippen molar-refractivity contribution >= 4 is 12.2 Å².